The Kier molecular flexibility index (Phi) is 5.79. The van der Waals surface area contributed by atoms with Crippen molar-refractivity contribution in [1.82, 2.24) is 0 Å². The molecular weight excluding hydrogens is 258 g/mol. The first kappa shape index (κ1) is 15.6. The van der Waals surface area contributed by atoms with Gasteiger partial charge in [0.2, 0.25) is 0 Å². The summed E-state index contributed by atoms with van der Waals surface area (Å²) in [5, 5.41) is 2.34. The minimum atomic E-state index is 0.744. The van der Waals surface area contributed by atoms with Gasteiger partial charge in [0.05, 0.1) is 0 Å². The van der Waals surface area contributed by atoms with Crippen LogP contribution in [0, 0.1) is 0 Å². The predicted octanol–water partition coefficient (Wildman–Crippen LogP) is 5.06. The Hall–Kier alpha value is -1.83. The molecule has 2 aromatic rings. The van der Waals surface area contributed by atoms with Crippen molar-refractivity contribution in [3.05, 3.63) is 42.0 Å². The molecule has 0 heterocycles. The first-order chi connectivity index (χ1) is 10.3. The summed E-state index contributed by atoms with van der Waals surface area (Å²) < 4.78 is 0. The SMILES string of the molecule is CCCCN(CCCC)c1ccc2ccc(C=O)cc2c1. The fraction of sp³-hybridized carbons (Fsp3) is 0.421. The molecule has 21 heavy (non-hydrogen) atoms. The van der Waals surface area contributed by atoms with Gasteiger partial charge < -0.3 is 4.90 Å². The molecule has 0 aliphatic heterocycles. The first-order valence-corrected chi connectivity index (χ1v) is 8.02. The number of carbonyl (C=O) groups excluding carboxylic acids is 1. The minimum absolute atomic E-state index is 0.744. The summed E-state index contributed by atoms with van der Waals surface area (Å²) in [6, 6.07) is 12.4. The van der Waals surface area contributed by atoms with E-state index < -0.39 is 0 Å². The molecule has 0 fully saturated rings. The average Bonchev–Trinajstić information content (AvgIpc) is 2.54. The third-order valence-corrected chi connectivity index (χ3v) is 3.91. The van der Waals surface area contributed by atoms with Crippen LogP contribution in [-0.4, -0.2) is 19.4 Å². The zero-order chi connectivity index (χ0) is 15.1. The van der Waals surface area contributed by atoms with E-state index in [9.17, 15) is 4.79 Å². The number of unbranched alkanes of at least 4 members (excludes halogenated alkanes) is 2. The molecule has 2 nitrogen and oxygen atoms in total. The third kappa shape index (κ3) is 4.07. The monoisotopic (exact) mass is 283 g/mol. The molecule has 0 saturated carbocycles. The Morgan fingerprint density at radius 1 is 0.905 bits per heavy atom. The summed E-state index contributed by atoms with van der Waals surface area (Å²) in [6.07, 6.45) is 5.78. The van der Waals surface area contributed by atoms with Crippen molar-refractivity contribution >= 4 is 22.7 Å². The molecule has 2 aromatic carbocycles. The van der Waals surface area contributed by atoms with Gasteiger partial charge in [0.15, 0.2) is 0 Å². The van der Waals surface area contributed by atoms with E-state index in [-0.39, 0.29) is 0 Å². The second-order valence-corrected chi connectivity index (χ2v) is 5.60. The van der Waals surface area contributed by atoms with Gasteiger partial charge in [0.1, 0.15) is 6.29 Å². The van der Waals surface area contributed by atoms with Crippen LogP contribution in [0.1, 0.15) is 49.9 Å². The fourth-order valence-corrected chi connectivity index (χ4v) is 2.59. The van der Waals surface area contributed by atoms with Crippen molar-refractivity contribution in [1.29, 1.82) is 0 Å². The number of rotatable bonds is 8. The van der Waals surface area contributed by atoms with Crippen LogP contribution < -0.4 is 4.90 Å². The maximum atomic E-state index is 10.9. The number of fused-ring (bicyclic) bond motifs is 1. The molecule has 0 unspecified atom stereocenters. The fourth-order valence-electron chi connectivity index (χ4n) is 2.59. The number of carbonyl (C=O) groups is 1. The Morgan fingerprint density at radius 2 is 1.57 bits per heavy atom. The van der Waals surface area contributed by atoms with E-state index in [4.69, 9.17) is 0 Å². The lowest BCUT2D eigenvalue weighted by Crippen LogP contribution is -2.25. The quantitative estimate of drug-likeness (QED) is 0.631. The van der Waals surface area contributed by atoms with Crippen LogP contribution in [0.25, 0.3) is 10.8 Å². The summed E-state index contributed by atoms with van der Waals surface area (Å²) in [5.74, 6) is 0. The summed E-state index contributed by atoms with van der Waals surface area (Å²) in [7, 11) is 0. The molecule has 0 aliphatic rings. The Morgan fingerprint density at radius 3 is 2.19 bits per heavy atom. The van der Waals surface area contributed by atoms with Crippen molar-refractivity contribution in [2.24, 2.45) is 0 Å². The van der Waals surface area contributed by atoms with E-state index in [0.29, 0.717) is 0 Å². The van der Waals surface area contributed by atoms with E-state index in [0.717, 1.165) is 30.3 Å². The molecule has 0 atom stereocenters. The number of benzene rings is 2. The highest BCUT2D eigenvalue weighted by molar-refractivity contribution is 5.91. The van der Waals surface area contributed by atoms with Gasteiger partial charge in [0.25, 0.3) is 0 Å². The maximum absolute atomic E-state index is 10.9. The standard InChI is InChI=1S/C19H25NO/c1-3-5-11-20(12-6-4-2)19-10-9-17-8-7-16(15-21)13-18(17)14-19/h7-10,13-15H,3-6,11-12H2,1-2H3. The van der Waals surface area contributed by atoms with Crippen molar-refractivity contribution in [2.45, 2.75) is 39.5 Å². The van der Waals surface area contributed by atoms with Gasteiger partial charge in [-0.25, -0.2) is 0 Å². The van der Waals surface area contributed by atoms with Crippen molar-refractivity contribution in [3.8, 4) is 0 Å². The zero-order valence-electron chi connectivity index (χ0n) is 13.1. The largest absolute Gasteiger partial charge is 0.372 e. The lowest BCUT2D eigenvalue weighted by Gasteiger charge is -2.25. The first-order valence-electron chi connectivity index (χ1n) is 8.02. The number of anilines is 1. The molecule has 112 valence electrons. The van der Waals surface area contributed by atoms with Crippen LogP contribution in [0.4, 0.5) is 5.69 Å². The van der Waals surface area contributed by atoms with Gasteiger partial charge in [-0.3, -0.25) is 4.79 Å². The molecule has 2 rings (SSSR count). The molecule has 0 saturated heterocycles. The summed E-state index contributed by atoms with van der Waals surface area (Å²) >= 11 is 0. The lowest BCUT2D eigenvalue weighted by atomic mass is 10.1. The number of hydrogen-bond acceptors (Lipinski definition) is 2. The number of aldehydes is 1. The van der Waals surface area contributed by atoms with E-state index in [1.807, 2.05) is 18.2 Å². The highest BCUT2D eigenvalue weighted by Gasteiger charge is 2.07. The third-order valence-electron chi connectivity index (χ3n) is 3.91. The van der Waals surface area contributed by atoms with E-state index >= 15 is 0 Å². The topological polar surface area (TPSA) is 20.3 Å². The number of nitrogens with zero attached hydrogens (tertiary/aromatic N) is 1. The highest BCUT2D eigenvalue weighted by atomic mass is 16.1. The van der Waals surface area contributed by atoms with Crippen LogP contribution >= 0.6 is 0 Å². The lowest BCUT2D eigenvalue weighted by molar-refractivity contribution is 0.112. The molecule has 0 amide bonds. The van der Waals surface area contributed by atoms with Crippen molar-refractivity contribution in [2.75, 3.05) is 18.0 Å². The van der Waals surface area contributed by atoms with E-state index in [1.165, 1.54) is 36.8 Å². The van der Waals surface area contributed by atoms with Gasteiger partial charge >= 0.3 is 0 Å². The van der Waals surface area contributed by atoms with Crippen LogP contribution in [0.2, 0.25) is 0 Å². The molecule has 0 spiro atoms. The Labute approximate surface area is 127 Å². The van der Waals surface area contributed by atoms with Crippen LogP contribution in [0.3, 0.4) is 0 Å². The normalized spacial score (nSPS) is 10.8. The molecule has 0 aliphatic carbocycles. The second kappa shape index (κ2) is 7.82. The Bertz CT molecular complexity index is 583. The van der Waals surface area contributed by atoms with Gasteiger partial charge in [-0.2, -0.15) is 0 Å². The molecule has 0 bridgehead atoms. The molecule has 0 aromatic heterocycles. The zero-order valence-corrected chi connectivity index (χ0v) is 13.1. The van der Waals surface area contributed by atoms with Gasteiger partial charge in [0, 0.05) is 24.3 Å². The molecule has 0 N–H and O–H groups in total. The average molecular weight is 283 g/mol. The second-order valence-electron chi connectivity index (χ2n) is 5.60. The summed E-state index contributed by atoms with van der Waals surface area (Å²) in [6.45, 7) is 6.67. The van der Waals surface area contributed by atoms with Crippen molar-refractivity contribution in [3.63, 3.8) is 0 Å². The van der Waals surface area contributed by atoms with Crippen LogP contribution in [0.15, 0.2) is 36.4 Å². The van der Waals surface area contributed by atoms with Gasteiger partial charge in [-0.1, -0.05) is 44.9 Å². The molecule has 2 heteroatoms. The highest BCUT2D eigenvalue weighted by Crippen LogP contribution is 2.24. The van der Waals surface area contributed by atoms with Gasteiger partial charge in [-0.05, 0) is 41.8 Å². The van der Waals surface area contributed by atoms with Gasteiger partial charge in [-0.15, -0.1) is 0 Å². The predicted molar refractivity (Wildman–Crippen MR) is 91.4 cm³/mol. The van der Waals surface area contributed by atoms with Crippen LogP contribution in [-0.2, 0) is 0 Å². The summed E-state index contributed by atoms with van der Waals surface area (Å²) in [5.41, 5.74) is 2.01. The van der Waals surface area contributed by atoms with E-state index in [1.54, 1.807) is 0 Å². The minimum Gasteiger partial charge on any atom is -0.372 e. The Balaban J connectivity index is 2.29. The number of hydrogen-bond donors (Lipinski definition) is 0. The van der Waals surface area contributed by atoms with Crippen LogP contribution in [0.5, 0.6) is 0 Å². The van der Waals surface area contributed by atoms with E-state index in [2.05, 4.69) is 36.9 Å². The maximum Gasteiger partial charge on any atom is 0.150 e. The smallest absolute Gasteiger partial charge is 0.150 e. The molecule has 0 radical (unpaired) electrons. The van der Waals surface area contributed by atoms with Crippen molar-refractivity contribution < 1.29 is 4.79 Å². The molecular formula is C19H25NO. The summed E-state index contributed by atoms with van der Waals surface area (Å²) in [4.78, 5) is 13.4.